The second kappa shape index (κ2) is 12.2. The van der Waals surface area contributed by atoms with Crippen molar-refractivity contribution in [1.29, 1.82) is 0 Å². The Morgan fingerprint density at radius 3 is 1.11 bits per heavy atom. The summed E-state index contributed by atoms with van der Waals surface area (Å²) >= 11 is 0. The second-order valence-corrected chi connectivity index (χ2v) is 12.9. The molecule has 0 spiro atoms. The van der Waals surface area contributed by atoms with Crippen LogP contribution in [0.25, 0.3) is 0 Å². The maximum Gasteiger partial charge on any atom is 0.336 e. The van der Waals surface area contributed by atoms with Crippen LogP contribution in [0.1, 0.15) is 93.9 Å². The predicted octanol–water partition coefficient (Wildman–Crippen LogP) is 6.18. The van der Waals surface area contributed by atoms with Crippen LogP contribution in [-0.2, 0) is 19.6 Å². The van der Waals surface area contributed by atoms with E-state index < -0.39 is 17.1 Å². The van der Waals surface area contributed by atoms with Crippen LogP contribution in [0.3, 0.4) is 0 Å². The van der Waals surface area contributed by atoms with Crippen LogP contribution in [0.5, 0.6) is 0 Å². The average molecular weight is 502 g/mol. The minimum absolute atomic E-state index is 0.00534. The number of rotatable bonds is 15. The Labute approximate surface area is 218 Å². The third kappa shape index (κ3) is 8.07. The molecule has 1 atom stereocenters. The molecule has 1 heterocycles. The van der Waals surface area contributed by atoms with E-state index in [1.807, 2.05) is 18.2 Å². The van der Waals surface area contributed by atoms with E-state index >= 15 is 0 Å². The summed E-state index contributed by atoms with van der Waals surface area (Å²) in [5, 5.41) is 0. The van der Waals surface area contributed by atoms with Crippen LogP contribution in [0.15, 0.2) is 52.3 Å². The van der Waals surface area contributed by atoms with Gasteiger partial charge < -0.3 is 0 Å². The molecule has 0 aliphatic heterocycles. The van der Waals surface area contributed by atoms with Gasteiger partial charge >= 0.3 is 17.1 Å². The zero-order valence-corrected chi connectivity index (χ0v) is 24.3. The number of aromatic nitrogens is 3. The largest absolute Gasteiger partial charge is 0.336 e. The lowest BCUT2D eigenvalue weighted by atomic mass is 9.65. The Hall–Kier alpha value is -2.37. The van der Waals surface area contributed by atoms with E-state index in [1.54, 1.807) is 0 Å². The van der Waals surface area contributed by atoms with Crippen LogP contribution in [-0.4, -0.2) is 13.7 Å². The Morgan fingerprint density at radius 2 is 0.861 bits per heavy atom. The molecule has 1 aromatic heterocycles. The molecule has 0 saturated carbocycles. The molecule has 6 heteroatoms. The molecule has 0 aliphatic rings. The van der Waals surface area contributed by atoms with Gasteiger partial charge in [0.25, 0.3) is 0 Å². The fourth-order valence-corrected chi connectivity index (χ4v) is 4.23. The SMILES string of the molecule is C=CC(C)(C)CCCn1c(=O)n(CCCC(C)(C)C=C)c(=O)n(CCCC(C)(C=C)C(C)(C)C)c1=O. The number of hydrogen-bond donors (Lipinski definition) is 0. The van der Waals surface area contributed by atoms with Crippen LogP contribution in [0, 0.1) is 21.7 Å². The summed E-state index contributed by atoms with van der Waals surface area (Å²) < 4.78 is 3.75. The first kappa shape index (κ1) is 31.7. The van der Waals surface area contributed by atoms with Gasteiger partial charge in [-0.2, -0.15) is 0 Å². The molecule has 1 unspecified atom stereocenters. The van der Waals surface area contributed by atoms with Gasteiger partial charge in [-0.15, -0.1) is 19.7 Å². The molecule has 0 amide bonds. The van der Waals surface area contributed by atoms with Crippen LogP contribution in [0.4, 0.5) is 0 Å². The molecular weight excluding hydrogens is 450 g/mol. The van der Waals surface area contributed by atoms with E-state index in [4.69, 9.17) is 0 Å². The zero-order valence-electron chi connectivity index (χ0n) is 24.3. The fraction of sp³-hybridized carbons (Fsp3) is 0.700. The predicted molar refractivity (Wildman–Crippen MR) is 153 cm³/mol. The first-order valence-electron chi connectivity index (χ1n) is 13.3. The van der Waals surface area contributed by atoms with Crippen LogP contribution >= 0.6 is 0 Å². The van der Waals surface area contributed by atoms with Crippen LogP contribution < -0.4 is 17.1 Å². The lowest BCUT2D eigenvalue weighted by Gasteiger charge is -2.39. The summed E-state index contributed by atoms with van der Waals surface area (Å²) in [6.45, 7) is 29.6. The molecular formula is C30H51N3O3. The van der Waals surface area contributed by atoms with Crippen LogP contribution in [0.2, 0.25) is 0 Å². The second-order valence-electron chi connectivity index (χ2n) is 12.9. The minimum atomic E-state index is -0.514. The number of allylic oxidation sites excluding steroid dienone is 3. The molecule has 0 N–H and O–H groups in total. The van der Waals surface area contributed by atoms with E-state index in [0.717, 1.165) is 19.3 Å². The Bertz CT molecular complexity index is 1030. The summed E-state index contributed by atoms with van der Waals surface area (Å²) in [5.41, 5.74) is -1.86. The molecule has 0 fully saturated rings. The van der Waals surface area contributed by atoms with Crippen molar-refractivity contribution in [3.05, 3.63) is 69.4 Å². The van der Waals surface area contributed by atoms with E-state index in [0.29, 0.717) is 19.3 Å². The van der Waals surface area contributed by atoms with Crippen molar-refractivity contribution in [2.75, 3.05) is 0 Å². The van der Waals surface area contributed by atoms with E-state index in [-0.39, 0.29) is 41.3 Å². The maximum atomic E-state index is 13.3. The standard InChI is InChI=1S/C30H51N3O3/c1-12-28(7,8)18-15-21-31-24(34)32(22-16-19-29(9,10)13-2)26(36)33(25(31)35)23-17-20-30(11,14-3)27(4,5)6/h12-14H,1-3,15-23H2,4-11H3. The molecule has 6 nitrogen and oxygen atoms in total. The molecule has 0 saturated heterocycles. The van der Waals surface area contributed by atoms with Crippen molar-refractivity contribution in [3.8, 4) is 0 Å². The molecule has 1 rings (SSSR count). The lowest BCUT2D eigenvalue weighted by Crippen LogP contribution is -2.54. The quantitative estimate of drug-likeness (QED) is 0.270. The third-order valence-corrected chi connectivity index (χ3v) is 8.14. The van der Waals surface area contributed by atoms with Crippen molar-refractivity contribution in [3.63, 3.8) is 0 Å². The zero-order chi connectivity index (χ0) is 27.9. The van der Waals surface area contributed by atoms with Crippen molar-refractivity contribution in [1.82, 2.24) is 13.7 Å². The average Bonchev–Trinajstić information content (AvgIpc) is 2.79. The third-order valence-electron chi connectivity index (χ3n) is 8.14. The first-order chi connectivity index (χ1) is 16.4. The molecule has 0 aromatic carbocycles. The smallest absolute Gasteiger partial charge is 0.247 e. The van der Waals surface area contributed by atoms with Gasteiger partial charge in [0.05, 0.1) is 0 Å². The van der Waals surface area contributed by atoms with E-state index in [9.17, 15) is 14.4 Å². The summed E-state index contributed by atoms with van der Waals surface area (Å²) in [7, 11) is 0. The summed E-state index contributed by atoms with van der Waals surface area (Å²) in [6, 6.07) is 0. The number of nitrogens with zero attached hydrogens (tertiary/aromatic N) is 3. The van der Waals surface area contributed by atoms with Crippen molar-refractivity contribution in [2.24, 2.45) is 21.7 Å². The first-order valence-corrected chi connectivity index (χ1v) is 13.3. The Balaban J connectivity index is 3.36. The normalized spacial score (nSPS) is 14.3. The summed E-state index contributed by atoms with van der Waals surface area (Å²) in [5.74, 6) is 0. The molecule has 36 heavy (non-hydrogen) atoms. The highest BCUT2D eigenvalue weighted by atomic mass is 16.2. The monoisotopic (exact) mass is 501 g/mol. The molecule has 0 aliphatic carbocycles. The van der Waals surface area contributed by atoms with Gasteiger partial charge in [-0.1, -0.05) is 73.6 Å². The topological polar surface area (TPSA) is 66.0 Å². The van der Waals surface area contributed by atoms with Gasteiger partial charge in [0.2, 0.25) is 0 Å². The Morgan fingerprint density at radius 1 is 0.556 bits per heavy atom. The van der Waals surface area contributed by atoms with Gasteiger partial charge in [-0.3, -0.25) is 0 Å². The number of hydrogen-bond acceptors (Lipinski definition) is 3. The summed E-state index contributed by atoms with van der Waals surface area (Å²) in [4.78, 5) is 40.0. The minimum Gasteiger partial charge on any atom is -0.247 e. The van der Waals surface area contributed by atoms with Gasteiger partial charge in [-0.25, -0.2) is 28.1 Å². The van der Waals surface area contributed by atoms with Crippen molar-refractivity contribution >= 4 is 0 Å². The van der Waals surface area contributed by atoms with Gasteiger partial charge in [0, 0.05) is 19.6 Å². The van der Waals surface area contributed by atoms with Gasteiger partial charge in [-0.05, 0) is 60.2 Å². The maximum absolute atomic E-state index is 13.3. The summed E-state index contributed by atoms with van der Waals surface area (Å²) in [6.07, 6.45) is 10.0. The molecule has 0 bridgehead atoms. The van der Waals surface area contributed by atoms with Crippen molar-refractivity contribution < 1.29 is 0 Å². The molecule has 0 radical (unpaired) electrons. The lowest BCUT2D eigenvalue weighted by molar-refractivity contribution is 0.149. The highest BCUT2D eigenvalue weighted by Crippen LogP contribution is 2.43. The van der Waals surface area contributed by atoms with Gasteiger partial charge in [0.1, 0.15) is 0 Å². The van der Waals surface area contributed by atoms with Crippen molar-refractivity contribution in [2.45, 2.75) is 114 Å². The molecule has 204 valence electrons. The highest BCUT2D eigenvalue weighted by Gasteiger charge is 2.34. The fourth-order valence-electron chi connectivity index (χ4n) is 4.23. The van der Waals surface area contributed by atoms with Gasteiger partial charge in [0.15, 0.2) is 0 Å². The highest BCUT2D eigenvalue weighted by molar-refractivity contribution is 4.99. The molecule has 1 aromatic rings. The van der Waals surface area contributed by atoms with E-state index in [2.05, 4.69) is 75.1 Å². The van der Waals surface area contributed by atoms with E-state index in [1.165, 1.54) is 13.7 Å². The Kier molecular flexibility index (Phi) is 10.8.